The smallest absolute Gasteiger partial charge is 0.239 e. The van der Waals surface area contributed by atoms with Crippen LogP contribution in [0.3, 0.4) is 0 Å². The highest BCUT2D eigenvalue weighted by Gasteiger charge is 2.37. The van der Waals surface area contributed by atoms with Gasteiger partial charge in [-0.15, -0.1) is 0 Å². The van der Waals surface area contributed by atoms with E-state index in [1.165, 1.54) is 0 Å². The van der Waals surface area contributed by atoms with Crippen molar-refractivity contribution in [3.8, 4) is 0 Å². The fourth-order valence-corrected chi connectivity index (χ4v) is 2.65. The van der Waals surface area contributed by atoms with Gasteiger partial charge in [0.15, 0.2) is 0 Å². The number of halogens is 2. The first kappa shape index (κ1) is 17.1. The number of likely N-dealkylation sites (N-methyl/N-ethyl adjacent to an activating group) is 1. The van der Waals surface area contributed by atoms with Crippen molar-refractivity contribution >= 4 is 40.7 Å². The lowest BCUT2D eigenvalue weighted by molar-refractivity contribution is -0.132. The average Bonchev–Trinajstić information content (AvgIpc) is 2.83. The Balaban J connectivity index is 2.00. The maximum absolute atomic E-state index is 12.4. The maximum Gasteiger partial charge on any atom is 0.239 e. The molecule has 1 aliphatic heterocycles. The maximum atomic E-state index is 12.4. The highest BCUT2D eigenvalue weighted by atomic mass is 35.5. The molecule has 0 aromatic heterocycles. The Hall–Kier alpha value is -1.30. The molecule has 2 rings (SSSR count). The van der Waals surface area contributed by atoms with Crippen molar-refractivity contribution < 1.29 is 9.59 Å². The number of carbonyl (C=O) groups is 2. The lowest BCUT2D eigenvalue weighted by Crippen LogP contribution is -2.39. The van der Waals surface area contributed by atoms with Crippen molar-refractivity contribution in [3.63, 3.8) is 0 Å². The second-order valence-electron chi connectivity index (χ2n) is 5.52. The van der Waals surface area contributed by atoms with E-state index in [9.17, 15) is 9.59 Å². The number of amides is 2. The molecule has 0 radical (unpaired) electrons. The average molecular weight is 344 g/mol. The van der Waals surface area contributed by atoms with E-state index in [1.807, 2.05) is 19.0 Å². The number of carbonyl (C=O) groups excluding carboxylic acids is 2. The van der Waals surface area contributed by atoms with Gasteiger partial charge in [-0.05, 0) is 38.7 Å². The topological polar surface area (TPSA) is 52.7 Å². The molecule has 120 valence electrons. The normalized spacial score (nSPS) is 18.1. The van der Waals surface area contributed by atoms with Gasteiger partial charge in [0.2, 0.25) is 11.8 Å². The second-order valence-corrected chi connectivity index (χ2v) is 6.34. The van der Waals surface area contributed by atoms with Crippen LogP contribution in [-0.2, 0) is 9.59 Å². The fraction of sp³-hybridized carbons (Fsp3) is 0.467. The van der Waals surface area contributed by atoms with Crippen LogP contribution in [0.25, 0.3) is 0 Å². The molecule has 0 unspecified atom stereocenters. The SMILES string of the molecule is CN(C)CCNC(=O)[C@H]1CCN(c2ccc(Cl)c(Cl)c2)C1=O. The van der Waals surface area contributed by atoms with E-state index in [0.717, 1.165) is 6.54 Å². The first-order valence-corrected chi connectivity index (χ1v) is 7.84. The first-order chi connectivity index (χ1) is 10.4. The van der Waals surface area contributed by atoms with Crippen molar-refractivity contribution in [1.29, 1.82) is 0 Å². The molecule has 1 heterocycles. The molecule has 0 spiro atoms. The van der Waals surface area contributed by atoms with E-state index >= 15 is 0 Å². The van der Waals surface area contributed by atoms with Gasteiger partial charge in [0.05, 0.1) is 10.0 Å². The first-order valence-electron chi connectivity index (χ1n) is 7.09. The van der Waals surface area contributed by atoms with E-state index in [4.69, 9.17) is 23.2 Å². The summed E-state index contributed by atoms with van der Waals surface area (Å²) in [6.45, 7) is 1.77. The molecular weight excluding hydrogens is 325 g/mol. The summed E-state index contributed by atoms with van der Waals surface area (Å²) >= 11 is 11.9. The molecule has 1 aromatic carbocycles. The number of nitrogens with one attached hydrogen (secondary N) is 1. The standard InChI is InChI=1S/C15H19Cl2N3O2/c1-19(2)8-6-18-14(21)11-5-7-20(15(11)22)10-3-4-12(16)13(17)9-10/h3-4,9,11H,5-8H2,1-2H3,(H,18,21)/t11-/m1/s1. The van der Waals surface area contributed by atoms with Crippen LogP contribution in [0.5, 0.6) is 0 Å². The Bertz CT molecular complexity index is 578. The molecule has 5 nitrogen and oxygen atoms in total. The predicted molar refractivity (Wildman–Crippen MR) is 88.5 cm³/mol. The third kappa shape index (κ3) is 3.91. The Morgan fingerprint density at radius 1 is 1.36 bits per heavy atom. The van der Waals surface area contributed by atoms with E-state index in [0.29, 0.717) is 35.2 Å². The van der Waals surface area contributed by atoms with Gasteiger partial charge >= 0.3 is 0 Å². The van der Waals surface area contributed by atoms with Gasteiger partial charge in [-0.1, -0.05) is 23.2 Å². The Labute approximate surface area is 140 Å². The molecule has 1 aromatic rings. The lowest BCUT2D eigenvalue weighted by atomic mass is 10.1. The molecule has 0 saturated carbocycles. The minimum absolute atomic E-state index is 0.194. The molecule has 2 amide bonds. The molecule has 1 fully saturated rings. The second kappa shape index (κ2) is 7.31. The van der Waals surface area contributed by atoms with Gasteiger partial charge in [-0.3, -0.25) is 9.59 Å². The van der Waals surface area contributed by atoms with Gasteiger partial charge in [-0.2, -0.15) is 0 Å². The number of anilines is 1. The number of rotatable bonds is 5. The van der Waals surface area contributed by atoms with Gasteiger partial charge in [0.25, 0.3) is 0 Å². The summed E-state index contributed by atoms with van der Waals surface area (Å²) in [5, 5.41) is 3.64. The van der Waals surface area contributed by atoms with Gasteiger partial charge in [0.1, 0.15) is 5.92 Å². The lowest BCUT2D eigenvalue weighted by Gasteiger charge is -2.17. The summed E-state index contributed by atoms with van der Waals surface area (Å²) < 4.78 is 0. The Morgan fingerprint density at radius 2 is 2.09 bits per heavy atom. The number of nitrogens with zero attached hydrogens (tertiary/aromatic N) is 2. The molecule has 0 aliphatic carbocycles. The van der Waals surface area contributed by atoms with Crippen molar-refractivity contribution in [2.24, 2.45) is 5.92 Å². The van der Waals surface area contributed by atoms with Crippen LogP contribution in [0.15, 0.2) is 18.2 Å². The van der Waals surface area contributed by atoms with Crippen LogP contribution in [0.2, 0.25) is 10.0 Å². The number of benzene rings is 1. The minimum atomic E-state index is -0.628. The van der Waals surface area contributed by atoms with E-state index in [2.05, 4.69) is 5.32 Å². The van der Waals surface area contributed by atoms with Crippen LogP contribution in [0, 0.1) is 5.92 Å². The predicted octanol–water partition coefficient (Wildman–Crippen LogP) is 2.02. The zero-order chi connectivity index (χ0) is 16.3. The van der Waals surface area contributed by atoms with Gasteiger partial charge < -0.3 is 15.1 Å². The Morgan fingerprint density at radius 3 is 2.73 bits per heavy atom. The highest BCUT2D eigenvalue weighted by molar-refractivity contribution is 6.42. The van der Waals surface area contributed by atoms with E-state index < -0.39 is 5.92 Å². The molecule has 1 atom stereocenters. The molecular formula is C15H19Cl2N3O2. The van der Waals surface area contributed by atoms with Crippen LogP contribution in [-0.4, -0.2) is 50.4 Å². The molecule has 22 heavy (non-hydrogen) atoms. The van der Waals surface area contributed by atoms with Gasteiger partial charge in [-0.25, -0.2) is 0 Å². The largest absolute Gasteiger partial charge is 0.354 e. The van der Waals surface area contributed by atoms with Crippen molar-refractivity contribution in [1.82, 2.24) is 10.2 Å². The quantitative estimate of drug-likeness (QED) is 0.832. The number of hydrogen-bond donors (Lipinski definition) is 1. The summed E-state index contributed by atoms with van der Waals surface area (Å²) in [7, 11) is 3.86. The zero-order valence-electron chi connectivity index (χ0n) is 12.6. The summed E-state index contributed by atoms with van der Waals surface area (Å²) in [4.78, 5) is 28.1. The van der Waals surface area contributed by atoms with E-state index in [1.54, 1.807) is 23.1 Å². The van der Waals surface area contributed by atoms with Crippen LogP contribution < -0.4 is 10.2 Å². The summed E-state index contributed by atoms with van der Waals surface area (Å²) in [6, 6.07) is 5.03. The third-order valence-electron chi connectivity index (χ3n) is 3.60. The molecule has 1 N–H and O–H groups in total. The fourth-order valence-electron chi connectivity index (χ4n) is 2.36. The summed E-state index contributed by atoms with van der Waals surface area (Å²) in [5.74, 6) is -1.04. The van der Waals surface area contributed by atoms with Gasteiger partial charge in [0, 0.05) is 25.3 Å². The summed E-state index contributed by atoms with van der Waals surface area (Å²) in [6.07, 6.45) is 0.507. The molecule has 7 heteroatoms. The third-order valence-corrected chi connectivity index (χ3v) is 4.33. The Kier molecular flexibility index (Phi) is 5.67. The molecule has 0 bridgehead atoms. The highest BCUT2D eigenvalue weighted by Crippen LogP contribution is 2.31. The number of hydrogen-bond acceptors (Lipinski definition) is 3. The molecule has 1 saturated heterocycles. The summed E-state index contributed by atoms with van der Waals surface area (Å²) in [5.41, 5.74) is 0.669. The molecule has 1 aliphatic rings. The zero-order valence-corrected chi connectivity index (χ0v) is 14.1. The van der Waals surface area contributed by atoms with Crippen LogP contribution in [0.1, 0.15) is 6.42 Å². The van der Waals surface area contributed by atoms with Crippen LogP contribution >= 0.6 is 23.2 Å². The minimum Gasteiger partial charge on any atom is -0.354 e. The van der Waals surface area contributed by atoms with Crippen LogP contribution in [0.4, 0.5) is 5.69 Å². The van der Waals surface area contributed by atoms with E-state index in [-0.39, 0.29) is 11.8 Å². The van der Waals surface area contributed by atoms with Crippen molar-refractivity contribution in [2.75, 3.05) is 38.6 Å². The van der Waals surface area contributed by atoms with Crippen molar-refractivity contribution in [2.45, 2.75) is 6.42 Å². The van der Waals surface area contributed by atoms with Crippen molar-refractivity contribution in [3.05, 3.63) is 28.2 Å². The monoisotopic (exact) mass is 343 g/mol.